The lowest BCUT2D eigenvalue weighted by atomic mass is 10.1. The molecule has 4 aromatic rings. The number of carbonyl (C=O) groups is 3. The molecule has 0 spiro atoms. The number of carbonyl (C=O) groups excluding carboxylic acids is 3. The third-order valence-electron chi connectivity index (χ3n) is 5.92. The lowest BCUT2D eigenvalue weighted by Crippen LogP contribution is -2.22. The predicted octanol–water partition coefficient (Wildman–Crippen LogP) is 5.65. The number of hydrogen-bond donors (Lipinski definition) is 2. The van der Waals surface area contributed by atoms with Crippen molar-refractivity contribution in [3.8, 4) is 0 Å². The molecule has 0 fully saturated rings. The van der Waals surface area contributed by atoms with Crippen LogP contribution in [0.4, 0.5) is 11.4 Å². The number of anilines is 2. The minimum absolute atomic E-state index is 0.278. The molecule has 8 nitrogen and oxygen atoms in total. The molecule has 1 aromatic heterocycles. The number of nitrogens with one attached hydrogen (secondary N) is 2. The van der Waals surface area contributed by atoms with Crippen LogP contribution in [-0.4, -0.2) is 34.2 Å². The summed E-state index contributed by atoms with van der Waals surface area (Å²) in [5.41, 5.74) is 4.53. The number of aryl methyl sites for hydroxylation is 1. The first-order valence-corrected chi connectivity index (χ1v) is 12.6. The number of para-hydroxylation sites is 2. The van der Waals surface area contributed by atoms with E-state index < -0.39 is 18.5 Å². The van der Waals surface area contributed by atoms with Crippen LogP contribution in [0.3, 0.4) is 0 Å². The number of esters is 1. The van der Waals surface area contributed by atoms with Crippen LogP contribution in [0.1, 0.15) is 32.9 Å². The predicted molar refractivity (Wildman–Crippen MR) is 152 cm³/mol. The Morgan fingerprint density at radius 2 is 1.62 bits per heavy atom. The standard InChI is InChI=1S/C30H27ClN4O4/c1-20-24(21(2)35(34-20)18-22-10-6-8-14-26(22)31)16-17-29(37)39-19-28(36)33-27-15-9-7-13-25(27)30(38)32-23-11-4-3-5-12-23/h3-17H,18-19H2,1-2H3,(H,32,38)(H,33,36). The molecular weight excluding hydrogens is 516 g/mol. The van der Waals surface area contributed by atoms with Crippen molar-refractivity contribution in [2.75, 3.05) is 17.2 Å². The molecule has 0 atom stereocenters. The van der Waals surface area contributed by atoms with Crippen molar-refractivity contribution < 1.29 is 19.1 Å². The van der Waals surface area contributed by atoms with Gasteiger partial charge >= 0.3 is 5.97 Å². The Kier molecular flexibility index (Phi) is 8.91. The van der Waals surface area contributed by atoms with E-state index in [1.54, 1.807) is 42.5 Å². The smallest absolute Gasteiger partial charge is 0.331 e. The molecule has 0 bridgehead atoms. The van der Waals surface area contributed by atoms with E-state index in [9.17, 15) is 14.4 Å². The summed E-state index contributed by atoms with van der Waals surface area (Å²) in [5.74, 6) is -1.63. The summed E-state index contributed by atoms with van der Waals surface area (Å²) in [7, 11) is 0. The van der Waals surface area contributed by atoms with E-state index >= 15 is 0 Å². The van der Waals surface area contributed by atoms with Gasteiger partial charge in [-0.1, -0.05) is 60.1 Å². The maximum atomic E-state index is 12.7. The van der Waals surface area contributed by atoms with E-state index in [0.717, 1.165) is 22.5 Å². The molecule has 0 aliphatic heterocycles. The van der Waals surface area contributed by atoms with Gasteiger partial charge in [0, 0.05) is 28.0 Å². The van der Waals surface area contributed by atoms with Gasteiger partial charge in [-0.15, -0.1) is 0 Å². The van der Waals surface area contributed by atoms with Crippen molar-refractivity contribution in [3.63, 3.8) is 0 Å². The van der Waals surface area contributed by atoms with E-state index in [2.05, 4.69) is 15.7 Å². The van der Waals surface area contributed by atoms with Gasteiger partial charge in [0.15, 0.2) is 6.61 Å². The van der Waals surface area contributed by atoms with Crippen molar-refractivity contribution in [3.05, 3.63) is 118 Å². The number of aromatic nitrogens is 2. The monoisotopic (exact) mass is 542 g/mol. The molecule has 9 heteroatoms. The molecular formula is C30H27ClN4O4. The van der Waals surface area contributed by atoms with Crippen molar-refractivity contribution in [1.82, 2.24) is 9.78 Å². The quantitative estimate of drug-likeness (QED) is 0.210. The second-order valence-corrected chi connectivity index (χ2v) is 9.10. The molecule has 0 saturated heterocycles. The highest BCUT2D eigenvalue weighted by molar-refractivity contribution is 6.31. The third kappa shape index (κ3) is 7.21. The van der Waals surface area contributed by atoms with Crippen LogP contribution < -0.4 is 10.6 Å². The van der Waals surface area contributed by atoms with Crippen LogP contribution in [0, 0.1) is 13.8 Å². The largest absolute Gasteiger partial charge is 0.452 e. The van der Waals surface area contributed by atoms with Gasteiger partial charge in [0.1, 0.15) is 0 Å². The molecule has 0 aliphatic carbocycles. The number of hydrogen-bond acceptors (Lipinski definition) is 5. The molecule has 0 aliphatic rings. The van der Waals surface area contributed by atoms with Crippen molar-refractivity contribution >= 4 is 46.8 Å². The van der Waals surface area contributed by atoms with E-state index in [0.29, 0.717) is 22.9 Å². The van der Waals surface area contributed by atoms with E-state index in [1.807, 2.05) is 61.0 Å². The maximum Gasteiger partial charge on any atom is 0.331 e. The van der Waals surface area contributed by atoms with Crippen LogP contribution in [0.15, 0.2) is 84.9 Å². The van der Waals surface area contributed by atoms with Gasteiger partial charge < -0.3 is 15.4 Å². The van der Waals surface area contributed by atoms with Crippen LogP contribution in [0.2, 0.25) is 5.02 Å². The molecule has 0 unspecified atom stereocenters. The number of amides is 2. The van der Waals surface area contributed by atoms with Crippen molar-refractivity contribution in [2.24, 2.45) is 0 Å². The fourth-order valence-electron chi connectivity index (χ4n) is 3.93. The summed E-state index contributed by atoms with van der Waals surface area (Å²) in [6.45, 7) is 3.73. The number of halogens is 1. The van der Waals surface area contributed by atoms with Gasteiger partial charge in [-0.05, 0) is 55.8 Å². The zero-order chi connectivity index (χ0) is 27.8. The van der Waals surface area contributed by atoms with E-state index in [4.69, 9.17) is 16.3 Å². The Labute approximate surface area is 231 Å². The topological polar surface area (TPSA) is 102 Å². The Bertz CT molecular complexity index is 1530. The van der Waals surface area contributed by atoms with Gasteiger partial charge in [-0.3, -0.25) is 14.3 Å². The summed E-state index contributed by atoms with van der Waals surface area (Å²) >= 11 is 6.28. The van der Waals surface area contributed by atoms with Crippen LogP contribution in [0.5, 0.6) is 0 Å². The van der Waals surface area contributed by atoms with Crippen molar-refractivity contribution in [2.45, 2.75) is 20.4 Å². The van der Waals surface area contributed by atoms with Gasteiger partial charge in [-0.2, -0.15) is 5.10 Å². The molecule has 3 aromatic carbocycles. The first kappa shape index (κ1) is 27.3. The Balaban J connectivity index is 1.33. The fourth-order valence-corrected chi connectivity index (χ4v) is 4.12. The highest BCUT2D eigenvalue weighted by Gasteiger charge is 2.15. The summed E-state index contributed by atoms with van der Waals surface area (Å²) in [4.78, 5) is 37.5. The highest BCUT2D eigenvalue weighted by atomic mass is 35.5. The minimum atomic E-state index is -0.682. The second kappa shape index (κ2) is 12.7. The van der Waals surface area contributed by atoms with Gasteiger partial charge in [0.2, 0.25) is 0 Å². The first-order valence-electron chi connectivity index (χ1n) is 12.2. The van der Waals surface area contributed by atoms with Gasteiger partial charge in [-0.25, -0.2) is 4.79 Å². The summed E-state index contributed by atoms with van der Waals surface area (Å²) in [5, 5.41) is 10.6. The minimum Gasteiger partial charge on any atom is -0.452 e. The third-order valence-corrected chi connectivity index (χ3v) is 6.29. The first-order chi connectivity index (χ1) is 18.8. The fraction of sp³-hybridized carbons (Fsp3) is 0.133. The Morgan fingerprint density at radius 3 is 2.38 bits per heavy atom. The van der Waals surface area contributed by atoms with Gasteiger partial charge in [0.05, 0.1) is 23.5 Å². The molecule has 2 amide bonds. The van der Waals surface area contributed by atoms with E-state index in [1.165, 1.54) is 6.08 Å². The van der Waals surface area contributed by atoms with Crippen LogP contribution in [-0.2, 0) is 20.9 Å². The molecule has 39 heavy (non-hydrogen) atoms. The Hall–Kier alpha value is -4.69. The lowest BCUT2D eigenvalue weighted by Gasteiger charge is -2.11. The summed E-state index contributed by atoms with van der Waals surface area (Å²) in [6.07, 6.45) is 2.87. The number of ether oxygens (including phenoxy) is 1. The van der Waals surface area contributed by atoms with Gasteiger partial charge in [0.25, 0.3) is 11.8 Å². The zero-order valence-electron chi connectivity index (χ0n) is 21.5. The number of benzene rings is 3. The average Bonchev–Trinajstić information content (AvgIpc) is 3.20. The number of rotatable bonds is 9. The molecule has 1 heterocycles. The second-order valence-electron chi connectivity index (χ2n) is 8.69. The number of nitrogens with zero attached hydrogens (tertiary/aromatic N) is 2. The normalized spacial score (nSPS) is 10.8. The molecule has 0 saturated carbocycles. The molecule has 198 valence electrons. The average molecular weight is 543 g/mol. The van der Waals surface area contributed by atoms with Crippen LogP contribution in [0.25, 0.3) is 6.08 Å². The Morgan fingerprint density at radius 1 is 0.923 bits per heavy atom. The van der Waals surface area contributed by atoms with E-state index in [-0.39, 0.29) is 11.5 Å². The molecule has 4 rings (SSSR count). The summed E-state index contributed by atoms with van der Waals surface area (Å²) in [6, 6.07) is 23.1. The maximum absolute atomic E-state index is 12.7. The molecule has 0 radical (unpaired) electrons. The van der Waals surface area contributed by atoms with Crippen LogP contribution >= 0.6 is 11.6 Å². The molecule has 2 N–H and O–H groups in total. The lowest BCUT2D eigenvalue weighted by molar-refractivity contribution is -0.142. The highest BCUT2D eigenvalue weighted by Crippen LogP contribution is 2.21. The SMILES string of the molecule is Cc1nn(Cc2ccccc2Cl)c(C)c1C=CC(=O)OCC(=O)Nc1ccccc1C(=O)Nc1ccccc1. The summed E-state index contributed by atoms with van der Waals surface area (Å²) < 4.78 is 6.93. The zero-order valence-corrected chi connectivity index (χ0v) is 22.2. The van der Waals surface area contributed by atoms with Crippen molar-refractivity contribution in [1.29, 1.82) is 0 Å².